The van der Waals surface area contributed by atoms with Gasteiger partial charge in [0.25, 0.3) is 0 Å². The van der Waals surface area contributed by atoms with Gasteiger partial charge in [-0.15, -0.1) is 0 Å². The fraction of sp³-hybridized carbons (Fsp3) is 0.500. The number of ether oxygens (including phenoxy) is 2. The number of urea groups is 1. The van der Waals surface area contributed by atoms with Gasteiger partial charge in [-0.2, -0.15) is 0 Å². The maximum absolute atomic E-state index is 12.7. The Labute approximate surface area is 191 Å². The highest BCUT2D eigenvalue weighted by atomic mass is 16.5. The van der Waals surface area contributed by atoms with E-state index < -0.39 is 0 Å². The summed E-state index contributed by atoms with van der Waals surface area (Å²) in [6.07, 6.45) is 4.04. The molecular formula is C26H35N3O3. The Morgan fingerprint density at radius 2 is 1.84 bits per heavy atom. The molecule has 1 heterocycles. The molecule has 6 nitrogen and oxygen atoms in total. The van der Waals surface area contributed by atoms with E-state index in [1.165, 1.54) is 11.1 Å². The van der Waals surface area contributed by atoms with Crippen molar-refractivity contribution < 1.29 is 14.3 Å². The maximum atomic E-state index is 12.7. The number of nitrogens with one attached hydrogen (secondary N) is 2. The van der Waals surface area contributed by atoms with Gasteiger partial charge in [0, 0.05) is 23.2 Å². The van der Waals surface area contributed by atoms with Crippen molar-refractivity contribution in [1.29, 1.82) is 0 Å². The minimum atomic E-state index is -0.124. The smallest absolute Gasteiger partial charge is 0.319 e. The number of carbonyl (C=O) groups is 1. The first kappa shape index (κ1) is 22.5. The van der Waals surface area contributed by atoms with E-state index in [1.54, 1.807) is 14.2 Å². The van der Waals surface area contributed by atoms with Crippen LogP contribution in [0.2, 0.25) is 0 Å². The number of rotatable bonds is 5. The third-order valence-corrected chi connectivity index (χ3v) is 7.45. The summed E-state index contributed by atoms with van der Waals surface area (Å²) in [5.74, 6) is 1.54. The van der Waals surface area contributed by atoms with Crippen molar-refractivity contribution in [3.63, 3.8) is 0 Å². The van der Waals surface area contributed by atoms with Gasteiger partial charge in [0.1, 0.15) is 0 Å². The van der Waals surface area contributed by atoms with E-state index in [0.29, 0.717) is 6.04 Å². The van der Waals surface area contributed by atoms with Crippen LogP contribution in [0.3, 0.4) is 0 Å². The molecule has 0 aromatic heterocycles. The molecule has 172 valence electrons. The summed E-state index contributed by atoms with van der Waals surface area (Å²) in [7, 11) is 5.56. The Balaban J connectivity index is 1.48. The molecule has 2 N–H and O–H groups in total. The average Bonchev–Trinajstić information content (AvgIpc) is 3.12. The molecule has 0 spiro atoms. The Bertz CT molecular complexity index is 992. The van der Waals surface area contributed by atoms with E-state index in [2.05, 4.69) is 47.7 Å². The normalized spacial score (nSPS) is 25.2. The summed E-state index contributed by atoms with van der Waals surface area (Å²) in [6.45, 7) is 5.14. The second-order valence-electron chi connectivity index (χ2n) is 9.36. The van der Waals surface area contributed by atoms with Crippen LogP contribution in [0, 0.1) is 13.8 Å². The number of anilines is 1. The van der Waals surface area contributed by atoms with Crippen LogP contribution in [0.25, 0.3) is 0 Å². The van der Waals surface area contributed by atoms with Gasteiger partial charge in [-0.05, 0) is 82.4 Å². The molecule has 2 aromatic rings. The molecule has 1 saturated carbocycles. The monoisotopic (exact) mass is 437 g/mol. The lowest BCUT2D eigenvalue weighted by Crippen LogP contribution is -2.52. The van der Waals surface area contributed by atoms with E-state index >= 15 is 0 Å². The van der Waals surface area contributed by atoms with Crippen LogP contribution < -0.4 is 20.1 Å². The second kappa shape index (κ2) is 9.02. The molecular weight excluding hydrogens is 402 g/mol. The highest BCUT2D eigenvalue weighted by molar-refractivity contribution is 5.90. The summed E-state index contributed by atoms with van der Waals surface area (Å²) in [5.41, 5.74) is 4.52. The van der Waals surface area contributed by atoms with Crippen LogP contribution in [0.15, 0.2) is 36.4 Å². The number of fused-ring (bicyclic) bond motifs is 1. The minimum absolute atomic E-state index is 0.0799. The zero-order valence-electron chi connectivity index (χ0n) is 19.8. The van der Waals surface area contributed by atoms with Gasteiger partial charge >= 0.3 is 6.03 Å². The first-order valence-electron chi connectivity index (χ1n) is 11.4. The second-order valence-corrected chi connectivity index (χ2v) is 9.36. The molecule has 2 aliphatic rings. The third-order valence-electron chi connectivity index (χ3n) is 7.45. The lowest BCUT2D eigenvalue weighted by molar-refractivity contribution is 0.156. The molecule has 0 radical (unpaired) electrons. The Morgan fingerprint density at radius 1 is 1.06 bits per heavy atom. The topological polar surface area (TPSA) is 62.8 Å². The number of nitrogens with zero attached hydrogens (tertiary/aromatic N) is 1. The van der Waals surface area contributed by atoms with E-state index in [9.17, 15) is 4.79 Å². The summed E-state index contributed by atoms with van der Waals surface area (Å²) in [6, 6.07) is 12.8. The number of carbonyl (C=O) groups excluding carboxylic acids is 1. The molecule has 1 aliphatic heterocycles. The van der Waals surface area contributed by atoms with E-state index in [-0.39, 0.29) is 17.5 Å². The van der Waals surface area contributed by atoms with Gasteiger partial charge in [0.15, 0.2) is 11.5 Å². The molecule has 1 aliphatic carbocycles. The number of benzene rings is 2. The van der Waals surface area contributed by atoms with Gasteiger partial charge in [-0.3, -0.25) is 0 Å². The van der Waals surface area contributed by atoms with Gasteiger partial charge in [-0.1, -0.05) is 23.8 Å². The van der Waals surface area contributed by atoms with Crippen molar-refractivity contribution in [2.45, 2.75) is 57.0 Å². The lowest BCUT2D eigenvalue weighted by atomic mass is 9.65. The molecule has 2 aromatic carbocycles. The largest absolute Gasteiger partial charge is 0.493 e. The number of likely N-dealkylation sites (tertiary alicyclic amines) is 1. The maximum Gasteiger partial charge on any atom is 0.319 e. The third kappa shape index (κ3) is 4.16. The van der Waals surface area contributed by atoms with E-state index in [4.69, 9.17) is 9.47 Å². The van der Waals surface area contributed by atoms with Crippen LogP contribution in [0.5, 0.6) is 11.5 Å². The van der Waals surface area contributed by atoms with Crippen LogP contribution in [0.1, 0.15) is 42.4 Å². The Morgan fingerprint density at radius 3 is 2.56 bits per heavy atom. The first-order chi connectivity index (χ1) is 15.4. The predicted molar refractivity (Wildman–Crippen MR) is 128 cm³/mol. The Kier molecular flexibility index (Phi) is 6.33. The number of amides is 2. The molecule has 1 saturated heterocycles. The predicted octanol–water partition coefficient (Wildman–Crippen LogP) is 4.64. The highest BCUT2D eigenvalue weighted by Gasteiger charge is 2.50. The first-order valence-corrected chi connectivity index (χ1v) is 11.4. The molecule has 32 heavy (non-hydrogen) atoms. The fourth-order valence-electron chi connectivity index (χ4n) is 5.69. The molecule has 6 heteroatoms. The van der Waals surface area contributed by atoms with Crippen molar-refractivity contribution in [1.82, 2.24) is 10.2 Å². The van der Waals surface area contributed by atoms with Gasteiger partial charge in [-0.25, -0.2) is 4.79 Å². The quantitative estimate of drug-likeness (QED) is 0.716. The molecule has 2 amide bonds. The number of likely N-dealkylation sites (N-methyl/N-ethyl adjacent to an activating group) is 1. The molecule has 0 unspecified atom stereocenters. The molecule has 2 fully saturated rings. The summed E-state index contributed by atoms with van der Waals surface area (Å²) < 4.78 is 11.0. The lowest BCUT2D eigenvalue weighted by Gasteiger charge is -2.45. The van der Waals surface area contributed by atoms with Crippen molar-refractivity contribution >= 4 is 11.7 Å². The Hall–Kier alpha value is -2.73. The number of aryl methyl sites for hydroxylation is 2. The molecule has 0 bridgehead atoms. The summed E-state index contributed by atoms with van der Waals surface area (Å²) >= 11 is 0. The zero-order chi connectivity index (χ0) is 22.9. The standard InChI is InChI=1S/C26H35N3O3/c1-17-6-8-21(18(2)14-17)28-25(30)27-20-10-11-26(12-13-29(3)24(26)16-20)19-7-9-22(31-4)23(15-19)32-5/h6-9,14-15,20,24H,10-13,16H2,1-5H3,(H2,27,28,30)/t20-,24+,26-/m0/s1. The van der Waals surface area contributed by atoms with Crippen LogP contribution >= 0.6 is 0 Å². The number of hydrogen-bond donors (Lipinski definition) is 2. The van der Waals surface area contributed by atoms with Gasteiger partial charge < -0.3 is 25.0 Å². The van der Waals surface area contributed by atoms with Crippen molar-refractivity contribution in [2.24, 2.45) is 0 Å². The number of methoxy groups -OCH3 is 2. The van der Waals surface area contributed by atoms with Crippen molar-refractivity contribution in [2.75, 3.05) is 33.1 Å². The SMILES string of the molecule is COc1ccc([C@@]23CC[C@H](NC(=O)Nc4ccc(C)cc4C)C[C@H]2N(C)CC3)cc1OC. The highest BCUT2D eigenvalue weighted by Crippen LogP contribution is 2.49. The van der Waals surface area contributed by atoms with Gasteiger partial charge in [0.05, 0.1) is 14.2 Å². The van der Waals surface area contributed by atoms with E-state index in [1.807, 2.05) is 25.1 Å². The summed E-state index contributed by atoms with van der Waals surface area (Å²) in [5, 5.41) is 6.26. The molecule has 3 atom stereocenters. The van der Waals surface area contributed by atoms with Crippen LogP contribution in [-0.4, -0.2) is 50.8 Å². The van der Waals surface area contributed by atoms with Crippen molar-refractivity contribution in [3.8, 4) is 11.5 Å². The van der Waals surface area contributed by atoms with E-state index in [0.717, 1.165) is 55.0 Å². The summed E-state index contributed by atoms with van der Waals surface area (Å²) in [4.78, 5) is 15.2. The average molecular weight is 438 g/mol. The molecule has 4 rings (SSSR count). The minimum Gasteiger partial charge on any atom is -0.493 e. The van der Waals surface area contributed by atoms with Crippen LogP contribution in [-0.2, 0) is 5.41 Å². The number of hydrogen-bond acceptors (Lipinski definition) is 4. The van der Waals surface area contributed by atoms with Crippen molar-refractivity contribution in [3.05, 3.63) is 53.1 Å². The fourth-order valence-corrected chi connectivity index (χ4v) is 5.69. The zero-order valence-corrected chi connectivity index (χ0v) is 19.8. The van der Waals surface area contributed by atoms with Crippen LogP contribution in [0.4, 0.5) is 10.5 Å². The van der Waals surface area contributed by atoms with Gasteiger partial charge in [0.2, 0.25) is 0 Å².